The number of likely N-dealkylation sites (tertiary alicyclic amines) is 2. The molecule has 0 unspecified atom stereocenters. The van der Waals surface area contributed by atoms with E-state index in [1.807, 2.05) is 14.1 Å². The lowest BCUT2D eigenvalue weighted by molar-refractivity contribution is -0.192. The van der Waals surface area contributed by atoms with Gasteiger partial charge in [0.1, 0.15) is 0 Å². The van der Waals surface area contributed by atoms with E-state index >= 15 is 0 Å². The van der Waals surface area contributed by atoms with E-state index < -0.39 is 12.1 Å². The third kappa shape index (κ3) is 6.18. The SMILES string of the molecule is Cc1ccc(CN2CC[C@H]3[C@H]2CCN3CC(=O)N(C)C)cc1C.O=C(O)C(F)(F)F. The quantitative estimate of drug-likeness (QED) is 0.797. The summed E-state index contributed by atoms with van der Waals surface area (Å²) in [6.45, 7) is 8.17. The normalized spacial score (nSPS) is 21.7. The first kappa shape index (κ1) is 24.1. The Morgan fingerprint density at radius 2 is 1.60 bits per heavy atom. The average molecular weight is 429 g/mol. The van der Waals surface area contributed by atoms with Gasteiger partial charge in [-0.05, 0) is 43.4 Å². The number of aryl methyl sites for hydroxylation is 2. The molecule has 1 aromatic carbocycles. The summed E-state index contributed by atoms with van der Waals surface area (Å²) in [7, 11) is 3.69. The lowest BCUT2D eigenvalue weighted by atomic mass is 10.1. The molecule has 0 bridgehead atoms. The maximum Gasteiger partial charge on any atom is 0.490 e. The molecule has 30 heavy (non-hydrogen) atoms. The number of hydrogen-bond donors (Lipinski definition) is 1. The van der Waals surface area contributed by atoms with Crippen molar-refractivity contribution in [2.75, 3.05) is 33.7 Å². The van der Waals surface area contributed by atoms with Crippen molar-refractivity contribution in [1.82, 2.24) is 14.7 Å². The van der Waals surface area contributed by atoms with Crippen molar-refractivity contribution in [1.29, 1.82) is 0 Å². The molecular formula is C21H30F3N3O3. The third-order valence-corrected chi connectivity index (χ3v) is 5.84. The number of hydrogen-bond acceptors (Lipinski definition) is 4. The first-order chi connectivity index (χ1) is 13.9. The molecule has 2 aliphatic rings. The minimum absolute atomic E-state index is 0.221. The Bertz CT molecular complexity index is 768. The van der Waals surface area contributed by atoms with E-state index in [0.29, 0.717) is 18.6 Å². The molecule has 9 heteroatoms. The molecule has 2 atom stereocenters. The highest BCUT2D eigenvalue weighted by molar-refractivity contribution is 5.77. The predicted octanol–water partition coefficient (Wildman–Crippen LogP) is 2.67. The number of carboxylic acids is 1. The number of carboxylic acid groups (broad SMARTS) is 1. The van der Waals surface area contributed by atoms with E-state index in [9.17, 15) is 18.0 Å². The second-order valence-electron chi connectivity index (χ2n) is 8.16. The lowest BCUT2D eigenvalue weighted by Crippen LogP contribution is -2.41. The molecule has 0 saturated carbocycles. The number of amides is 1. The minimum atomic E-state index is -5.08. The maximum atomic E-state index is 12.0. The van der Waals surface area contributed by atoms with Crippen LogP contribution in [0, 0.1) is 13.8 Å². The fourth-order valence-corrected chi connectivity index (χ4v) is 4.01. The maximum absolute atomic E-state index is 12.0. The summed E-state index contributed by atoms with van der Waals surface area (Å²) in [5.74, 6) is -2.54. The Morgan fingerprint density at radius 3 is 2.10 bits per heavy atom. The van der Waals surface area contributed by atoms with Gasteiger partial charge in [-0.1, -0.05) is 18.2 Å². The first-order valence-electron chi connectivity index (χ1n) is 9.94. The monoisotopic (exact) mass is 429 g/mol. The number of benzene rings is 1. The first-order valence-corrected chi connectivity index (χ1v) is 9.94. The number of aliphatic carboxylic acids is 1. The summed E-state index contributed by atoms with van der Waals surface area (Å²) in [4.78, 5) is 27.6. The van der Waals surface area contributed by atoms with Crippen LogP contribution >= 0.6 is 0 Å². The Labute approximate surface area is 175 Å². The second-order valence-corrected chi connectivity index (χ2v) is 8.16. The number of alkyl halides is 3. The minimum Gasteiger partial charge on any atom is -0.475 e. The standard InChI is InChI=1S/C19H29N3O.C2HF3O2/c1-14-5-6-16(11-15(14)2)12-21-9-7-18-17(21)8-10-22(18)13-19(23)20(3)4;3-2(4,5)1(6)7/h5-6,11,17-18H,7-10,12-13H2,1-4H3;(H,6,7)/t17-,18+;/m1./s1. The summed E-state index contributed by atoms with van der Waals surface area (Å²) >= 11 is 0. The number of halogens is 3. The lowest BCUT2D eigenvalue weighted by Gasteiger charge is -2.26. The molecular weight excluding hydrogens is 399 g/mol. The van der Waals surface area contributed by atoms with Gasteiger partial charge in [0.25, 0.3) is 0 Å². The molecule has 3 rings (SSSR count). The van der Waals surface area contributed by atoms with Crippen LogP contribution in [0.2, 0.25) is 0 Å². The Balaban J connectivity index is 0.000000396. The van der Waals surface area contributed by atoms with Crippen LogP contribution in [0.4, 0.5) is 13.2 Å². The van der Waals surface area contributed by atoms with Gasteiger partial charge in [0, 0.05) is 45.8 Å². The molecule has 0 spiro atoms. The van der Waals surface area contributed by atoms with Crippen molar-refractivity contribution in [3.05, 3.63) is 34.9 Å². The molecule has 2 heterocycles. The largest absolute Gasteiger partial charge is 0.490 e. The summed E-state index contributed by atoms with van der Waals surface area (Å²) in [6, 6.07) is 8.00. The molecule has 1 amide bonds. The van der Waals surface area contributed by atoms with Crippen LogP contribution in [0.1, 0.15) is 29.5 Å². The van der Waals surface area contributed by atoms with Gasteiger partial charge in [-0.3, -0.25) is 14.6 Å². The molecule has 2 fully saturated rings. The van der Waals surface area contributed by atoms with Crippen LogP contribution in [0.15, 0.2) is 18.2 Å². The Hall–Kier alpha value is -2.13. The van der Waals surface area contributed by atoms with Crippen LogP contribution in [0.25, 0.3) is 0 Å². The van der Waals surface area contributed by atoms with Crippen molar-refractivity contribution in [3.8, 4) is 0 Å². The van der Waals surface area contributed by atoms with Gasteiger partial charge >= 0.3 is 12.1 Å². The van der Waals surface area contributed by atoms with Gasteiger partial charge in [0.15, 0.2) is 0 Å². The highest BCUT2D eigenvalue weighted by atomic mass is 19.4. The number of fused-ring (bicyclic) bond motifs is 1. The van der Waals surface area contributed by atoms with Crippen molar-refractivity contribution in [3.63, 3.8) is 0 Å². The van der Waals surface area contributed by atoms with Crippen LogP contribution in [-0.4, -0.2) is 83.7 Å². The smallest absolute Gasteiger partial charge is 0.475 e. The topological polar surface area (TPSA) is 64.1 Å². The predicted molar refractivity (Wildman–Crippen MR) is 107 cm³/mol. The van der Waals surface area contributed by atoms with Crippen LogP contribution in [0.3, 0.4) is 0 Å². The highest BCUT2D eigenvalue weighted by Gasteiger charge is 2.42. The molecule has 2 aliphatic heterocycles. The van der Waals surface area contributed by atoms with Gasteiger partial charge < -0.3 is 10.0 Å². The molecule has 0 aromatic heterocycles. The summed E-state index contributed by atoms with van der Waals surface area (Å²) in [6.07, 6.45) is -2.70. The second kappa shape index (κ2) is 9.78. The molecule has 1 aromatic rings. The van der Waals surface area contributed by atoms with Gasteiger partial charge in [-0.15, -0.1) is 0 Å². The molecule has 168 valence electrons. The van der Waals surface area contributed by atoms with Crippen molar-refractivity contribution in [2.45, 2.75) is 51.5 Å². The van der Waals surface area contributed by atoms with Crippen molar-refractivity contribution < 1.29 is 27.9 Å². The number of likely N-dealkylation sites (N-methyl/N-ethyl adjacent to an activating group) is 1. The molecule has 0 aliphatic carbocycles. The van der Waals surface area contributed by atoms with Crippen LogP contribution in [-0.2, 0) is 16.1 Å². The van der Waals surface area contributed by atoms with Crippen molar-refractivity contribution >= 4 is 11.9 Å². The fraction of sp³-hybridized carbons (Fsp3) is 0.619. The number of carbonyl (C=O) groups is 2. The van der Waals surface area contributed by atoms with E-state index in [4.69, 9.17) is 9.90 Å². The van der Waals surface area contributed by atoms with Crippen molar-refractivity contribution in [2.24, 2.45) is 0 Å². The zero-order valence-electron chi connectivity index (χ0n) is 17.9. The summed E-state index contributed by atoms with van der Waals surface area (Å²) < 4.78 is 31.7. The molecule has 2 saturated heterocycles. The number of nitrogens with zero attached hydrogens (tertiary/aromatic N) is 3. The van der Waals surface area contributed by atoms with Gasteiger partial charge in [-0.25, -0.2) is 4.79 Å². The zero-order chi connectivity index (χ0) is 22.6. The Morgan fingerprint density at radius 1 is 1.07 bits per heavy atom. The third-order valence-electron chi connectivity index (χ3n) is 5.84. The van der Waals surface area contributed by atoms with Crippen LogP contribution < -0.4 is 0 Å². The summed E-state index contributed by atoms with van der Waals surface area (Å²) in [5, 5.41) is 7.12. The summed E-state index contributed by atoms with van der Waals surface area (Å²) in [5.41, 5.74) is 4.15. The van der Waals surface area contributed by atoms with Gasteiger partial charge in [0.2, 0.25) is 5.91 Å². The van der Waals surface area contributed by atoms with E-state index in [2.05, 4.69) is 41.8 Å². The van der Waals surface area contributed by atoms with E-state index in [0.717, 1.165) is 19.6 Å². The van der Waals surface area contributed by atoms with E-state index in [1.54, 1.807) is 4.90 Å². The number of carbonyl (C=O) groups excluding carboxylic acids is 1. The van der Waals surface area contributed by atoms with E-state index in [1.165, 1.54) is 29.5 Å². The number of rotatable bonds is 4. The van der Waals surface area contributed by atoms with Gasteiger partial charge in [-0.2, -0.15) is 13.2 Å². The average Bonchev–Trinajstić information content (AvgIpc) is 3.21. The fourth-order valence-electron chi connectivity index (χ4n) is 4.01. The van der Waals surface area contributed by atoms with E-state index in [-0.39, 0.29) is 5.91 Å². The zero-order valence-corrected chi connectivity index (χ0v) is 17.9. The molecule has 0 radical (unpaired) electrons. The van der Waals surface area contributed by atoms with Crippen LogP contribution in [0.5, 0.6) is 0 Å². The molecule has 6 nitrogen and oxygen atoms in total. The molecule has 1 N–H and O–H groups in total. The van der Waals surface area contributed by atoms with Gasteiger partial charge in [0.05, 0.1) is 6.54 Å². The highest BCUT2D eigenvalue weighted by Crippen LogP contribution is 2.32. The Kier molecular flexibility index (Phi) is 7.87.